The van der Waals surface area contributed by atoms with Gasteiger partial charge in [-0.05, 0) is 30.7 Å². The van der Waals surface area contributed by atoms with Crippen LogP contribution in [0.5, 0.6) is 0 Å². The van der Waals surface area contributed by atoms with E-state index in [-0.39, 0.29) is 18.3 Å². The van der Waals surface area contributed by atoms with Crippen molar-refractivity contribution in [3.8, 4) is 0 Å². The Morgan fingerprint density at radius 2 is 1.88 bits per heavy atom. The Hall–Kier alpha value is -1.84. The van der Waals surface area contributed by atoms with Crippen LogP contribution in [0.4, 0.5) is 5.69 Å². The van der Waals surface area contributed by atoms with E-state index in [1.807, 2.05) is 6.92 Å². The van der Waals surface area contributed by atoms with Crippen LogP contribution in [0.2, 0.25) is 0 Å². The molecule has 1 N–H and O–H groups in total. The molecule has 0 aliphatic carbocycles. The number of hydrogen-bond donors (Lipinski definition) is 1. The Bertz CT molecular complexity index is 384. The van der Waals surface area contributed by atoms with Gasteiger partial charge in [-0.2, -0.15) is 0 Å². The quantitative estimate of drug-likeness (QED) is 0.607. The number of ether oxygens (including phenoxy) is 1. The van der Waals surface area contributed by atoms with Crippen LogP contribution in [-0.2, 0) is 9.53 Å². The zero-order chi connectivity index (χ0) is 12.7. The molecule has 4 nitrogen and oxygen atoms in total. The van der Waals surface area contributed by atoms with E-state index < -0.39 is 0 Å². The SMILES string of the molecule is CCCC(=O)c1ccc(NCC(=O)OC)cc1. The van der Waals surface area contributed by atoms with E-state index >= 15 is 0 Å². The highest BCUT2D eigenvalue weighted by atomic mass is 16.5. The van der Waals surface area contributed by atoms with Crippen molar-refractivity contribution in [2.45, 2.75) is 19.8 Å². The van der Waals surface area contributed by atoms with E-state index in [0.29, 0.717) is 12.0 Å². The van der Waals surface area contributed by atoms with Crippen molar-refractivity contribution in [1.29, 1.82) is 0 Å². The number of nitrogens with one attached hydrogen (secondary N) is 1. The van der Waals surface area contributed by atoms with Crippen molar-refractivity contribution >= 4 is 17.4 Å². The highest BCUT2D eigenvalue weighted by Crippen LogP contribution is 2.11. The van der Waals surface area contributed by atoms with Gasteiger partial charge in [0.2, 0.25) is 0 Å². The fourth-order valence-electron chi connectivity index (χ4n) is 1.39. The summed E-state index contributed by atoms with van der Waals surface area (Å²) in [7, 11) is 1.34. The van der Waals surface area contributed by atoms with Gasteiger partial charge in [-0.1, -0.05) is 6.92 Å². The molecule has 0 aliphatic heterocycles. The summed E-state index contributed by atoms with van der Waals surface area (Å²) in [6.45, 7) is 2.10. The van der Waals surface area contributed by atoms with Crippen molar-refractivity contribution in [3.05, 3.63) is 29.8 Å². The molecule has 0 atom stereocenters. The van der Waals surface area contributed by atoms with Crippen LogP contribution in [0.3, 0.4) is 0 Å². The van der Waals surface area contributed by atoms with E-state index in [0.717, 1.165) is 12.1 Å². The summed E-state index contributed by atoms with van der Waals surface area (Å²) in [6, 6.07) is 7.09. The topological polar surface area (TPSA) is 55.4 Å². The van der Waals surface area contributed by atoms with Gasteiger partial charge in [0.05, 0.1) is 7.11 Å². The monoisotopic (exact) mass is 235 g/mol. The third-order valence-electron chi connectivity index (χ3n) is 2.35. The average Bonchev–Trinajstić information content (AvgIpc) is 2.36. The Labute approximate surface area is 101 Å². The van der Waals surface area contributed by atoms with Crippen molar-refractivity contribution in [2.24, 2.45) is 0 Å². The number of ketones is 1. The zero-order valence-corrected chi connectivity index (χ0v) is 10.2. The zero-order valence-electron chi connectivity index (χ0n) is 10.2. The van der Waals surface area contributed by atoms with Crippen LogP contribution in [0.25, 0.3) is 0 Å². The van der Waals surface area contributed by atoms with Crippen molar-refractivity contribution in [2.75, 3.05) is 19.0 Å². The molecule has 1 aromatic carbocycles. The molecule has 0 fully saturated rings. The second kappa shape index (κ2) is 6.68. The molecule has 0 unspecified atom stereocenters. The summed E-state index contributed by atoms with van der Waals surface area (Å²) in [4.78, 5) is 22.5. The minimum absolute atomic E-state index is 0.124. The third-order valence-corrected chi connectivity index (χ3v) is 2.35. The first-order valence-corrected chi connectivity index (χ1v) is 5.61. The Kier molecular flexibility index (Phi) is 5.20. The van der Waals surface area contributed by atoms with Gasteiger partial charge in [0.15, 0.2) is 5.78 Å². The third kappa shape index (κ3) is 4.26. The first-order valence-electron chi connectivity index (χ1n) is 5.61. The largest absolute Gasteiger partial charge is 0.468 e. The van der Waals surface area contributed by atoms with E-state index in [1.54, 1.807) is 24.3 Å². The molecule has 0 saturated carbocycles. The van der Waals surface area contributed by atoms with E-state index in [9.17, 15) is 9.59 Å². The molecular weight excluding hydrogens is 218 g/mol. The van der Waals surface area contributed by atoms with E-state index in [2.05, 4.69) is 10.1 Å². The molecule has 1 aromatic rings. The van der Waals surface area contributed by atoms with Crippen LogP contribution in [0, 0.1) is 0 Å². The van der Waals surface area contributed by atoms with E-state index in [1.165, 1.54) is 7.11 Å². The minimum Gasteiger partial charge on any atom is -0.468 e. The number of rotatable bonds is 6. The van der Waals surface area contributed by atoms with Gasteiger partial charge in [-0.3, -0.25) is 9.59 Å². The number of Topliss-reactive ketones (excluding diaryl/α,β-unsaturated/α-hetero) is 1. The average molecular weight is 235 g/mol. The lowest BCUT2D eigenvalue weighted by Crippen LogP contribution is -2.14. The Morgan fingerprint density at radius 3 is 2.41 bits per heavy atom. The number of methoxy groups -OCH3 is 1. The van der Waals surface area contributed by atoms with Gasteiger partial charge in [-0.25, -0.2) is 0 Å². The number of benzene rings is 1. The normalized spacial score (nSPS) is 9.76. The number of carbonyl (C=O) groups excluding carboxylic acids is 2. The molecule has 92 valence electrons. The molecule has 17 heavy (non-hydrogen) atoms. The van der Waals surface area contributed by atoms with Crippen LogP contribution >= 0.6 is 0 Å². The molecule has 0 aliphatic rings. The molecule has 0 radical (unpaired) electrons. The molecule has 0 bridgehead atoms. The molecule has 4 heteroatoms. The van der Waals surface area contributed by atoms with Crippen LogP contribution in [0.15, 0.2) is 24.3 Å². The smallest absolute Gasteiger partial charge is 0.325 e. The lowest BCUT2D eigenvalue weighted by molar-refractivity contribution is -0.138. The second-order valence-electron chi connectivity index (χ2n) is 3.68. The summed E-state index contributed by atoms with van der Waals surface area (Å²) >= 11 is 0. The predicted octanol–water partition coefficient (Wildman–Crippen LogP) is 2.25. The van der Waals surface area contributed by atoms with Gasteiger partial charge >= 0.3 is 5.97 Å². The Morgan fingerprint density at radius 1 is 1.24 bits per heavy atom. The molecule has 0 amide bonds. The fraction of sp³-hybridized carbons (Fsp3) is 0.385. The van der Waals surface area contributed by atoms with Crippen LogP contribution in [-0.4, -0.2) is 25.4 Å². The van der Waals surface area contributed by atoms with Gasteiger partial charge in [0.25, 0.3) is 0 Å². The maximum atomic E-state index is 11.6. The highest BCUT2D eigenvalue weighted by Gasteiger charge is 2.04. The summed E-state index contributed by atoms with van der Waals surface area (Å²) in [5.74, 6) is -0.178. The number of hydrogen-bond acceptors (Lipinski definition) is 4. The van der Waals surface area contributed by atoms with Crippen molar-refractivity contribution < 1.29 is 14.3 Å². The maximum Gasteiger partial charge on any atom is 0.325 e. The summed E-state index contributed by atoms with van der Waals surface area (Å²) in [5.41, 5.74) is 1.50. The molecule has 0 spiro atoms. The first-order chi connectivity index (χ1) is 8.17. The van der Waals surface area contributed by atoms with Crippen LogP contribution in [0.1, 0.15) is 30.1 Å². The lowest BCUT2D eigenvalue weighted by Gasteiger charge is -2.05. The molecular formula is C13H17NO3. The molecule has 0 heterocycles. The maximum absolute atomic E-state index is 11.6. The molecule has 0 saturated heterocycles. The van der Waals surface area contributed by atoms with Gasteiger partial charge < -0.3 is 10.1 Å². The van der Waals surface area contributed by atoms with Crippen molar-refractivity contribution in [1.82, 2.24) is 0 Å². The standard InChI is InChI=1S/C13H17NO3/c1-3-4-12(15)10-5-7-11(8-6-10)14-9-13(16)17-2/h5-8,14H,3-4,9H2,1-2H3. The second-order valence-corrected chi connectivity index (χ2v) is 3.68. The predicted molar refractivity (Wildman–Crippen MR) is 66.2 cm³/mol. The minimum atomic E-state index is -0.323. The summed E-state index contributed by atoms with van der Waals surface area (Å²) in [6.07, 6.45) is 1.41. The van der Waals surface area contributed by atoms with Crippen LogP contribution < -0.4 is 5.32 Å². The van der Waals surface area contributed by atoms with Gasteiger partial charge in [0, 0.05) is 17.7 Å². The number of carbonyl (C=O) groups is 2. The Balaban J connectivity index is 2.56. The highest BCUT2D eigenvalue weighted by molar-refractivity contribution is 5.96. The molecule has 1 rings (SSSR count). The molecule has 0 aromatic heterocycles. The summed E-state index contributed by atoms with van der Waals surface area (Å²) in [5, 5.41) is 2.91. The summed E-state index contributed by atoms with van der Waals surface area (Å²) < 4.78 is 4.51. The lowest BCUT2D eigenvalue weighted by atomic mass is 10.1. The van der Waals surface area contributed by atoms with Gasteiger partial charge in [0.1, 0.15) is 6.54 Å². The van der Waals surface area contributed by atoms with Crippen molar-refractivity contribution in [3.63, 3.8) is 0 Å². The fourth-order valence-corrected chi connectivity index (χ4v) is 1.39. The van der Waals surface area contributed by atoms with E-state index in [4.69, 9.17) is 0 Å². The number of esters is 1. The first kappa shape index (κ1) is 13.2. The van der Waals surface area contributed by atoms with Gasteiger partial charge in [-0.15, -0.1) is 0 Å². The number of anilines is 1.